The van der Waals surface area contributed by atoms with Crippen molar-refractivity contribution in [1.82, 2.24) is 5.32 Å². The summed E-state index contributed by atoms with van der Waals surface area (Å²) in [5, 5.41) is 4.23. The van der Waals surface area contributed by atoms with Crippen molar-refractivity contribution in [3.8, 4) is 0 Å². The quantitative estimate of drug-likeness (QED) is 0.569. The Kier molecular flexibility index (Phi) is 6.99. The molecule has 0 aliphatic heterocycles. The number of halogens is 1. The third kappa shape index (κ3) is 7.19. The van der Waals surface area contributed by atoms with Gasteiger partial charge in [0, 0.05) is 5.02 Å². The van der Waals surface area contributed by atoms with Gasteiger partial charge in [-0.2, -0.15) is 0 Å². The number of benzene rings is 1. The van der Waals surface area contributed by atoms with Crippen molar-refractivity contribution in [2.24, 2.45) is 5.92 Å². The van der Waals surface area contributed by atoms with Gasteiger partial charge in [0.15, 0.2) is 0 Å². The molecular formula is C15H22ClN. The van der Waals surface area contributed by atoms with Crippen LogP contribution >= 0.6 is 11.6 Å². The number of hydrogen-bond acceptors (Lipinski definition) is 1. The minimum atomic E-state index is 0.727. The second-order valence-corrected chi connectivity index (χ2v) is 5.13. The Labute approximate surface area is 110 Å². The van der Waals surface area contributed by atoms with Gasteiger partial charge < -0.3 is 5.32 Å². The fourth-order valence-electron chi connectivity index (χ4n) is 1.58. The molecule has 0 unspecified atom stereocenters. The van der Waals surface area contributed by atoms with Crippen LogP contribution < -0.4 is 5.32 Å². The minimum absolute atomic E-state index is 0.727. The lowest BCUT2D eigenvalue weighted by atomic mass is 10.1. The molecule has 1 aromatic rings. The van der Waals surface area contributed by atoms with Gasteiger partial charge in [-0.1, -0.05) is 49.7 Å². The molecule has 94 valence electrons. The predicted octanol–water partition coefficient (Wildman–Crippen LogP) is 4.07. The Morgan fingerprint density at radius 3 is 2.82 bits per heavy atom. The molecule has 1 N–H and O–H groups in total. The van der Waals surface area contributed by atoms with Gasteiger partial charge >= 0.3 is 0 Å². The van der Waals surface area contributed by atoms with Crippen LogP contribution in [-0.2, 0) is 6.42 Å². The Morgan fingerprint density at radius 1 is 1.29 bits per heavy atom. The van der Waals surface area contributed by atoms with Crippen LogP contribution in [-0.4, -0.2) is 13.1 Å². The van der Waals surface area contributed by atoms with Crippen LogP contribution in [0.2, 0.25) is 5.02 Å². The van der Waals surface area contributed by atoms with Crippen LogP contribution in [0.3, 0.4) is 0 Å². The first-order chi connectivity index (χ1) is 8.18. The average molecular weight is 252 g/mol. The lowest BCUT2D eigenvalue weighted by Gasteiger charge is -2.04. The summed E-state index contributed by atoms with van der Waals surface area (Å²) in [5.74, 6) is 0.727. The van der Waals surface area contributed by atoms with Crippen molar-refractivity contribution in [2.75, 3.05) is 13.1 Å². The molecule has 0 atom stereocenters. The largest absolute Gasteiger partial charge is 0.316 e. The van der Waals surface area contributed by atoms with E-state index >= 15 is 0 Å². The van der Waals surface area contributed by atoms with Crippen molar-refractivity contribution < 1.29 is 0 Å². The Morgan fingerprint density at radius 2 is 2.12 bits per heavy atom. The summed E-state index contributed by atoms with van der Waals surface area (Å²) in [5.41, 5.74) is 1.27. The maximum atomic E-state index is 5.92. The average Bonchev–Trinajstić information content (AvgIpc) is 2.27. The van der Waals surface area contributed by atoms with E-state index < -0.39 is 0 Å². The number of hydrogen-bond donors (Lipinski definition) is 1. The third-order valence-corrected chi connectivity index (χ3v) is 2.68. The first kappa shape index (κ1) is 14.3. The van der Waals surface area contributed by atoms with E-state index in [0.29, 0.717) is 0 Å². The molecule has 1 aromatic carbocycles. The highest BCUT2D eigenvalue weighted by Gasteiger charge is 1.92. The van der Waals surface area contributed by atoms with Crippen molar-refractivity contribution >= 4 is 11.6 Å². The van der Waals surface area contributed by atoms with Crippen molar-refractivity contribution in [3.05, 3.63) is 47.0 Å². The van der Waals surface area contributed by atoms with Crippen LogP contribution in [0.25, 0.3) is 0 Å². The van der Waals surface area contributed by atoms with Gasteiger partial charge in [0.05, 0.1) is 0 Å². The molecule has 1 nitrogen and oxygen atoms in total. The molecular weight excluding hydrogens is 230 g/mol. The van der Waals surface area contributed by atoms with E-state index in [1.165, 1.54) is 5.56 Å². The summed E-state index contributed by atoms with van der Waals surface area (Å²) in [6.45, 7) is 6.61. The van der Waals surface area contributed by atoms with Crippen LogP contribution in [0.1, 0.15) is 25.8 Å². The predicted molar refractivity (Wildman–Crippen MR) is 76.6 cm³/mol. The molecule has 17 heavy (non-hydrogen) atoms. The van der Waals surface area contributed by atoms with Crippen molar-refractivity contribution in [1.29, 1.82) is 0 Å². The number of rotatable bonds is 7. The summed E-state index contributed by atoms with van der Waals surface area (Å²) in [7, 11) is 0. The summed E-state index contributed by atoms with van der Waals surface area (Å²) in [6.07, 6.45) is 6.50. The molecule has 2 heteroatoms. The molecule has 0 aromatic heterocycles. The third-order valence-electron chi connectivity index (χ3n) is 2.45. The van der Waals surface area contributed by atoms with Crippen LogP contribution in [0.5, 0.6) is 0 Å². The molecule has 0 radical (unpaired) electrons. The molecule has 0 aliphatic carbocycles. The van der Waals surface area contributed by atoms with Gasteiger partial charge in [-0.15, -0.1) is 0 Å². The molecule has 0 amide bonds. The van der Waals surface area contributed by atoms with E-state index in [2.05, 4.69) is 37.4 Å². The Hall–Kier alpha value is -0.790. The van der Waals surface area contributed by atoms with Gasteiger partial charge in [-0.05, 0) is 49.5 Å². The monoisotopic (exact) mass is 251 g/mol. The zero-order valence-electron chi connectivity index (χ0n) is 10.7. The minimum Gasteiger partial charge on any atom is -0.316 e. The molecule has 0 spiro atoms. The number of allylic oxidation sites excluding steroid dienone is 1. The van der Waals surface area contributed by atoms with Crippen LogP contribution in [0, 0.1) is 5.92 Å². The van der Waals surface area contributed by atoms with Crippen LogP contribution in [0.4, 0.5) is 0 Å². The SMILES string of the molecule is CC(C)CNCCC=CCc1cccc(Cl)c1. The second-order valence-electron chi connectivity index (χ2n) is 4.69. The molecule has 1 rings (SSSR count). The summed E-state index contributed by atoms with van der Waals surface area (Å²) < 4.78 is 0. The lowest BCUT2D eigenvalue weighted by molar-refractivity contribution is 0.556. The lowest BCUT2D eigenvalue weighted by Crippen LogP contribution is -2.20. The van der Waals surface area contributed by atoms with Gasteiger partial charge in [0.2, 0.25) is 0 Å². The van der Waals surface area contributed by atoms with Crippen molar-refractivity contribution in [2.45, 2.75) is 26.7 Å². The highest BCUT2D eigenvalue weighted by Crippen LogP contribution is 2.11. The normalized spacial score (nSPS) is 11.5. The molecule has 0 saturated carbocycles. The molecule has 0 heterocycles. The Balaban J connectivity index is 2.14. The van der Waals surface area contributed by atoms with E-state index in [1.54, 1.807) is 0 Å². The van der Waals surface area contributed by atoms with E-state index in [-0.39, 0.29) is 0 Å². The van der Waals surface area contributed by atoms with Gasteiger partial charge in [-0.25, -0.2) is 0 Å². The standard InChI is InChI=1S/C15H22ClN/c1-13(2)12-17-10-5-3-4-7-14-8-6-9-15(16)11-14/h3-4,6,8-9,11,13,17H,5,7,10,12H2,1-2H3. The first-order valence-electron chi connectivity index (χ1n) is 6.28. The molecule has 0 fully saturated rings. The summed E-state index contributed by atoms with van der Waals surface area (Å²) in [4.78, 5) is 0. The van der Waals surface area contributed by atoms with Crippen LogP contribution in [0.15, 0.2) is 36.4 Å². The topological polar surface area (TPSA) is 12.0 Å². The van der Waals surface area contributed by atoms with E-state index in [0.717, 1.165) is 36.9 Å². The highest BCUT2D eigenvalue weighted by atomic mass is 35.5. The van der Waals surface area contributed by atoms with Crippen molar-refractivity contribution in [3.63, 3.8) is 0 Å². The second kappa shape index (κ2) is 8.32. The van der Waals surface area contributed by atoms with E-state index in [1.807, 2.05) is 18.2 Å². The molecule has 0 aliphatic rings. The zero-order chi connectivity index (χ0) is 12.5. The highest BCUT2D eigenvalue weighted by molar-refractivity contribution is 6.30. The van der Waals surface area contributed by atoms with Gasteiger partial charge in [-0.3, -0.25) is 0 Å². The fraction of sp³-hybridized carbons (Fsp3) is 0.467. The van der Waals surface area contributed by atoms with Gasteiger partial charge in [0.25, 0.3) is 0 Å². The maximum absolute atomic E-state index is 5.92. The maximum Gasteiger partial charge on any atom is 0.0408 e. The fourth-order valence-corrected chi connectivity index (χ4v) is 1.79. The number of nitrogens with one attached hydrogen (secondary N) is 1. The van der Waals surface area contributed by atoms with E-state index in [4.69, 9.17) is 11.6 Å². The summed E-state index contributed by atoms with van der Waals surface area (Å²) in [6, 6.07) is 8.02. The van der Waals surface area contributed by atoms with E-state index in [9.17, 15) is 0 Å². The molecule has 0 saturated heterocycles. The Bertz CT molecular complexity index is 345. The first-order valence-corrected chi connectivity index (χ1v) is 6.66. The molecule has 0 bridgehead atoms. The van der Waals surface area contributed by atoms with Gasteiger partial charge in [0.1, 0.15) is 0 Å². The summed E-state index contributed by atoms with van der Waals surface area (Å²) >= 11 is 5.92. The zero-order valence-corrected chi connectivity index (χ0v) is 11.5. The smallest absolute Gasteiger partial charge is 0.0408 e.